The van der Waals surface area contributed by atoms with Gasteiger partial charge >= 0.3 is 0 Å². The monoisotopic (exact) mass is 222 g/mol. The van der Waals surface area contributed by atoms with E-state index >= 15 is 0 Å². The van der Waals surface area contributed by atoms with Crippen LogP contribution in [0.3, 0.4) is 0 Å². The summed E-state index contributed by atoms with van der Waals surface area (Å²) in [6, 6.07) is 8.05. The lowest BCUT2D eigenvalue weighted by atomic mass is 10.1. The van der Waals surface area contributed by atoms with Crippen LogP contribution in [0.2, 0.25) is 0 Å². The zero-order valence-electron chi connectivity index (χ0n) is 10.4. The van der Waals surface area contributed by atoms with Gasteiger partial charge < -0.3 is 15.8 Å². The fourth-order valence-corrected chi connectivity index (χ4v) is 1.48. The molecule has 3 nitrogen and oxygen atoms in total. The average Bonchev–Trinajstić information content (AvgIpc) is 2.26. The SMILES string of the molecule is CCNCC(N)c1ccc(OC(C)C)cc1. The van der Waals surface area contributed by atoms with Gasteiger partial charge in [0, 0.05) is 12.6 Å². The molecule has 0 amide bonds. The molecule has 0 saturated heterocycles. The molecule has 0 aliphatic carbocycles. The van der Waals surface area contributed by atoms with Crippen molar-refractivity contribution in [2.45, 2.75) is 32.9 Å². The maximum Gasteiger partial charge on any atom is 0.119 e. The van der Waals surface area contributed by atoms with Crippen LogP contribution in [0.4, 0.5) is 0 Å². The van der Waals surface area contributed by atoms with Crippen LogP contribution in [-0.2, 0) is 0 Å². The highest BCUT2D eigenvalue weighted by Gasteiger charge is 2.05. The van der Waals surface area contributed by atoms with Crippen molar-refractivity contribution in [1.29, 1.82) is 0 Å². The van der Waals surface area contributed by atoms with E-state index in [1.807, 2.05) is 38.1 Å². The average molecular weight is 222 g/mol. The standard InChI is InChI=1S/C13H22N2O/c1-4-15-9-13(14)11-5-7-12(8-6-11)16-10(2)3/h5-8,10,13,15H,4,9,14H2,1-3H3. The largest absolute Gasteiger partial charge is 0.491 e. The lowest BCUT2D eigenvalue weighted by Crippen LogP contribution is -2.26. The van der Waals surface area contributed by atoms with Crippen LogP contribution in [0.1, 0.15) is 32.4 Å². The summed E-state index contributed by atoms with van der Waals surface area (Å²) in [5, 5.41) is 3.24. The normalized spacial score (nSPS) is 12.8. The third-order valence-corrected chi connectivity index (χ3v) is 2.29. The molecule has 1 aromatic rings. The van der Waals surface area contributed by atoms with Gasteiger partial charge in [0.05, 0.1) is 6.10 Å². The highest BCUT2D eigenvalue weighted by molar-refractivity contribution is 5.29. The van der Waals surface area contributed by atoms with Gasteiger partial charge in [-0.3, -0.25) is 0 Å². The van der Waals surface area contributed by atoms with E-state index in [1.165, 1.54) is 0 Å². The Morgan fingerprint density at radius 3 is 2.38 bits per heavy atom. The summed E-state index contributed by atoms with van der Waals surface area (Å²) in [6.45, 7) is 7.87. The first-order valence-corrected chi connectivity index (χ1v) is 5.86. The zero-order chi connectivity index (χ0) is 12.0. The highest BCUT2D eigenvalue weighted by Crippen LogP contribution is 2.17. The molecule has 90 valence electrons. The summed E-state index contributed by atoms with van der Waals surface area (Å²) in [4.78, 5) is 0. The second kappa shape index (κ2) is 6.51. The van der Waals surface area contributed by atoms with Gasteiger partial charge in [-0.05, 0) is 38.1 Å². The number of benzene rings is 1. The molecule has 0 fully saturated rings. The van der Waals surface area contributed by atoms with Crippen LogP contribution < -0.4 is 15.8 Å². The summed E-state index contributed by atoms with van der Waals surface area (Å²) in [7, 11) is 0. The van der Waals surface area contributed by atoms with Crippen molar-refractivity contribution in [2.24, 2.45) is 5.73 Å². The maximum absolute atomic E-state index is 6.03. The Morgan fingerprint density at radius 2 is 1.88 bits per heavy atom. The quantitative estimate of drug-likeness (QED) is 0.774. The van der Waals surface area contributed by atoms with E-state index in [2.05, 4.69) is 12.2 Å². The van der Waals surface area contributed by atoms with E-state index in [-0.39, 0.29) is 12.1 Å². The lowest BCUT2D eigenvalue weighted by molar-refractivity contribution is 0.242. The second-order valence-electron chi connectivity index (χ2n) is 4.15. The van der Waals surface area contributed by atoms with Crippen LogP contribution in [0.5, 0.6) is 5.75 Å². The first-order chi connectivity index (χ1) is 7.63. The molecule has 0 radical (unpaired) electrons. The lowest BCUT2D eigenvalue weighted by Gasteiger charge is -2.14. The molecule has 1 aromatic carbocycles. The van der Waals surface area contributed by atoms with Crippen molar-refractivity contribution >= 4 is 0 Å². The Balaban J connectivity index is 2.56. The van der Waals surface area contributed by atoms with E-state index < -0.39 is 0 Å². The van der Waals surface area contributed by atoms with Crippen molar-refractivity contribution in [3.05, 3.63) is 29.8 Å². The van der Waals surface area contributed by atoms with Crippen LogP contribution in [0.25, 0.3) is 0 Å². The van der Waals surface area contributed by atoms with Crippen LogP contribution >= 0.6 is 0 Å². The van der Waals surface area contributed by atoms with Crippen molar-refractivity contribution in [3.8, 4) is 5.75 Å². The molecule has 0 heterocycles. The van der Waals surface area contributed by atoms with Gasteiger partial charge in [0.2, 0.25) is 0 Å². The molecule has 1 rings (SSSR count). The van der Waals surface area contributed by atoms with Gasteiger partial charge in [0.25, 0.3) is 0 Å². The van der Waals surface area contributed by atoms with E-state index in [1.54, 1.807) is 0 Å². The Morgan fingerprint density at radius 1 is 1.25 bits per heavy atom. The first-order valence-electron chi connectivity index (χ1n) is 5.86. The molecule has 3 N–H and O–H groups in total. The Labute approximate surface area is 98.0 Å². The molecular formula is C13H22N2O. The number of hydrogen-bond donors (Lipinski definition) is 2. The number of nitrogens with one attached hydrogen (secondary N) is 1. The molecule has 16 heavy (non-hydrogen) atoms. The fraction of sp³-hybridized carbons (Fsp3) is 0.538. The molecule has 1 atom stereocenters. The third kappa shape index (κ3) is 4.21. The predicted octanol–water partition coefficient (Wildman–Crippen LogP) is 2.08. The van der Waals surface area contributed by atoms with Crippen LogP contribution in [-0.4, -0.2) is 19.2 Å². The topological polar surface area (TPSA) is 47.3 Å². The van der Waals surface area contributed by atoms with E-state index in [9.17, 15) is 0 Å². The van der Waals surface area contributed by atoms with E-state index in [4.69, 9.17) is 10.5 Å². The molecule has 0 aliphatic heterocycles. The van der Waals surface area contributed by atoms with Crippen LogP contribution in [0, 0.1) is 0 Å². The summed E-state index contributed by atoms with van der Waals surface area (Å²) >= 11 is 0. The smallest absolute Gasteiger partial charge is 0.119 e. The number of nitrogens with two attached hydrogens (primary N) is 1. The van der Waals surface area contributed by atoms with E-state index in [0.29, 0.717) is 0 Å². The van der Waals surface area contributed by atoms with Gasteiger partial charge in [0.1, 0.15) is 5.75 Å². The Bertz CT molecular complexity index is 295. The molecule has 0 spiro atoms. The number of hydrogen-bond acceptors (Lipinski definition) is 3. The minimum atomic E-state index is 0.0491. The Kier molecular flexibility index (Phi) is 5.29. The minimum Gasteiger partial charge on any atom is -0.491 e. The maximum atomic E-state index is 6.03. The molecule has 0 bridgehead atoms. The molecule has 3 heteroatoms. The van der Waals surface area contributed by atoms with E-state index in [0.717, 1.165) is 24.4 Å². The second-order valence-corrected chi connectivity index (χ2v) is 4.15. The molecule has 0 saturated carbocycles. The molecule has 0 aromatic heterocycles. The Hall–Kier alpha value is -1.06. The minimum absolute atomic E-state index is 0.0491. The van der Waals surface area contributed by atoms with Gasteiger partial charge in [-0.1, -0.05) is 19.1 Å². The van der Waals surface area contributed by atoms with Crippen molar-refractivity contribution in [3.63, 3.8) is 0 Å². The summed E-state index contributed by atoms with van der Waals surface area (Å²) in [5.41, 5.74) is 7.17. The van der Waals surface area contributed by atoms with Crippen molar-refractivity contribution in [2.75, 3.05) is 13.1 Å². The summed E-state index contributed by atoms with van der Waals surface area (Å²) in [6.07, 6.45) is 0.210. The van der Waals surface area contributed by atoms with Gasteiger partial charge in [-0.2, -0.15) is 0 Å². The highest BCUT2D eigenvalue weighted by atomic mass is 16.5. The van der Waals surface area contributed by atoms with Crippen molar-refractivity contribution in [1.82, 2.24) is 5.32 Å². The third-order valence-electron chi connectivity index (χ3n) is 2.29. The fourth-order valence-electron chi connectivity index (χ4n) is 1.48. The summed E-state index contributed by atoms with van der Waals surface area (Å²) < 4.78 is 5.57. The summed E-state index contributed by atoms with van der Waals surface area (Å²) in [5.74, 6) is 0.898. The number of rotatable bonds is 6. The van der Waals surface area contributed by atoms with Gasteiger partial charge in [-0.15, -0.1) is 0 Å². The van der Waals surface area contributed by atoms with Crippen LogP contribution in [0.15, 0.2) is 24.3 Å². The zero-order valence-corrected chi connectivity index (χ0v) is 10.4. The number of likely N-dealkylation sites (N-methyl/N-ethyl adjacent to an activating group) is 1. The first kappa shape index (κ1) is 13.0. The number of ether oxygens (including phenoxy) is 1. The molecule has 0 aliphatic rings. The molecular weight excluding hydrogens is 200 g/mol. The van der Waals surface area contributed by atoms with Gasteiger partial charge in [-0.25, -0.2) is 0 Å². The molecule has 1 unspecified atom stereocenters. The predicted molar refractivity (Wildman–Crippen MR) is 67.7 cm³/mol. The van der Waals surface area contributed by atoms with Gasteiger partial charge in [0.15, 0.2) is 0 Å². The van der Waals surface area contributed by atoms with Crippen molar-refractivity contribution < 1.29 is 4.74 Å².